The summed E-state index contributed by atoms with van der Waals surface area (Å²) in [6, 6.07) is 14.0. The number of pyridine rings is 1. The maximum atomic E-state index is 12.0. The molecule has 4 rings (SSSR count). The number of thioether (sulfide) groups is 1. The van der Waals surface area contributed by atoms with Gasteiger partial charge < -0.3 is 4.74 Å². The van der Waals surface area contributed by atoms with E-state index in [1.54, 1.807) is 12.4 Å². The molecule has 3 aromatic rings. The average molecular weight is 366 g/mol. The van der Waals surface area contributed by atoms with Crippen LogP contribution in [0.5, 0.6) is 0 Å². The highest BCUT2D eigenvalue weighted by Crippen LogP contribution is 2.33. The fourth-order valence-electron chi connectivity index (χ4n) is 2.94. The third-order valence-corrected chi connectivity index (χ3v) is 5.40. The van der Waals surface area contributed by atoms with E-state index in [1.807, 2.05) is 41.8 Å². The Balaban J connectivity index is 1.69. The van der Waals surface area contributed by atoms with Gasteiger partial charge in [-0.15, -0.1) is 10.2 Å². The Kier molecular flexibility index (Phi) is 4.71. The molecule has 26 heavy (non-hydrogen) atoms. The van der Waals surface area contributed by atoms with Crippen molar-refractivity contribution in [1.29, 1.82) is 0 Å². The van der Waals surface area contributed by atoms with E-state index in [4.69, 9.17) is 4.74 Å². The van der Waals surface area contributed by atoms with Crippen molar-refractivity contribution < 1.29 is 9.53 Å². The van der Waals surface area contributed by atoms with E-state index in [-0.39, 0.29) is 17.3 Å². The van der Waals surface area contributed by atoms with Gasteiger partial charge in [0, 0.05) is 24.4 Å². The Morgan fingerprint density at radius 2 is 1.92 bits per heavy atom. The SMILES string of the molecule is C[C@@H]1C[C@H](Sc2nnc(-c3ccncc3)n2Cc2ccccc2)C(=O)O1. The number of esters is 1. The van der Waals surface area contributed by atoms with E-state index in [1.165, 1.54) is 11.8 Å². The summed E-state index contributed by atoms with van der Waals surface area (Å²) in [6.45, 7) is 2.54. The molecule has 0 radical (unpaired) electrons. The van der Waals surface area contributed by atoms with Gasteiger partial charge >= 0.3 is 5.97 Å². The van der Waals surface area contributed by atoms with Gasteiger partial charge in [0.2, 0.25) is 0 Å². The molecule has 1 aliphatic heterocycles. The number of aromatic nitrogens is 4. The van der Waals surface area contributed by atoms with Crippen LogP contribution in [0.15, 0.2) is 60.0 Å². The van der Waals surface area contributed by atoms with Gasteiger partial charge in [-0.3, -0.25) is 14.3 Å². The summed E-state index contributed by atoms with van der Waals surface area (Å²) in [5.41, 5.74) is 2.09. The second kappa shape index (κ2) is 7.29. The predicted molar refractivity (Wildman–Crippen MR) is 98.6 cm³/mol. The van der Waals surface area contributed by atoms with Crippen LogP contribution in [0.2, 0.25) is 0 Å². The number of carbonyl (C=O) groups is 1. The molecular weight excluding hydrogens is 348 g/mol. The molecule has 1 fully saturated rings. The van der Waals surface area contributed by atoms with Gasteiger partial charge in [0.15, 0.2) is 11.0 Å². The first-order valence-electron chi connectivity index (χ1n) is 8.45. The summed E-state index contributed by atoms with van der Waals surface area (Å²) in [7, 11) is 0. The molecule has 0 spiro atoms. The molecule has 7 heteroatoms. The number of carbonyl (C=O) groups excluding carboxylic acids is 1. The number of nitrogens with zero attached hydrogens (tertiary/aromatic N) is 4. The maximum Gasteiger partial charge on any atom is 0.319 e. The molecule has 2 atom stereocenters. The highest BCUT2D eigenvalue weighted by atomic mass is 32.2. The van der Waals surface area contributed by atoms with E-state index in [0.29, 0.717) is 13.0 Å². The lowest BCUT2D eigenvalue weighted by atomic mass is 10.2. The molecule has 0 bridgehead atoms. The molecule has 0 saturated carbocycles. The normalized spacial score (nSPS) is 19.5. The monoisotopic (exact) mass is 366 g/mol. The first-order chi connectivity index (χ1) is 12.7. The quantitative estimate of drug-likeness (QED) is 0.646. The molecular formula is C19H18N4O2S. The summed E-state index contributed by atoms with van der Waals surface area (Å²) < 4.78 is 7.32. The number of rotatable bonds is 5. The number of hydrogen-bond donors (Lipinski definition) is 0. The molecule has 6 nitrogen and oxygen atoms in total. The molecule has 1 aromatic carbocycles. The van der Waals surface area contributed by atoms with Gasteiger partial charge in [-0.2, -0.15) is 0 Å². The van der Waals surface area contributed by atoms with Crippen LogP contribution in [0.3, 0.4) is 0 Å². The lowest BCUT2D eigenvalue weighted by Crippen LogP contribution is -2.12. The van der Waals surface area contributed by atoms with Gasteiger partial charge in [0.1, 0.15) is 11.4 Å². The highest BCUT2D eigenvalue weighted by Gasteiger charge is 2.34. The summed E-state index contributed by atoms with van der Waals surface area (Å²) >= 11 is 1.42. The van der Waals surface area contributed by atoms with Crippen molar-refractivity contribution in [2.24, 2.45) is 0 Å². The fraction of sp³-hybridized carbons (Fsp3) is 0.263. The van der Waals surface area contributed by atoms with E-state index >= 15 is 0 Å². The van der Waals surface area contributed by atoms with Crippen molar-refractivity contribution in [3.8, 4) is 11.4 Å². The van der Waals surface area contributed by atoms with E-state index in [9.17, 15) is 4.79 Å². The van der Waals surface area contributed by atoms with Gasteiger partial charge in [0.05, 0.1) is 6.54 Å². The summed E-state index contributed by atoms with van der Waals surface area (Å²) in [6.07, 6.45) is 4.11. The molecule has 132 valence electrons. The molecule has 0 unspecified atom stereocenters. The van der Waals surface area contributed by atoms with Crippen LogP contribution in [0.4, 0.5) is 0 Å². The van der Waals surface area contributed by atoms with Gasteiger partial charge in [-0.05, 0) is 24.6 Å². The smallest absolute Gasteiger partial charge is 0.319 e. The third kappa shape index (κ3) is 3.48. The molecule has 0 amide bonds. The lowest BCUT2D eigenvalue weighted by Gasteiger charge is -2.11. The largest absolute Gasteiger partial charge is 0.462 e. The topological polar surface area (TPSA) is 69.9 Å². The summed E-state index contributed by atoms with van der Waals surface area (Å²) in [5.74, 6) is 0.584. The van der Waals surface area contributed by atoms with Crippen molar-refractivity contribution in [3.05, 3.63) is 60.4 Å². The Hall–Kier alpha value is -2.67. The third-order valence-electron chi connectivity index (χ3n) is 4.21. The predicted octanol–water partition coefficient (Wildman–Crippen LogP) is 3.18. The molecule has 1 aliphatic rings. The zero-order chi connectivity index (χ0) is 17.9. The first-order valence-corrected chi connectivity index (χ1v) is 9.33. The van der Waals surface area contributed by atoms with Crippen LogP contribution in [-0.4, -0.2) is 37.1 Å². The van der Waals surface area contributed by atoms with Crippen molar-refractivity contribution in [2.75, 3.05) is 0 Å². The zero-order valence-corrected chi connectivity index (χ0v) is 15.1. The van der Waals surface area contributed by atoms with Crippen LogP contribution < -0.4 is 0 Å². The number of benzene rings is 1. The molecule has 3 heterocycles. The standard InChI is InChI=1S/C19H18N4O2S/c1-13-11-16(18(24)25-13)26-19-22-21-17(15-7-9-20-10-8-15)23(19)12-14-5-3-2-4-6-14/h2-10,13,16H,11-12H2,1H3/t13-,16+/m1/s1. The Bertz CT molecular complexity index is 898. The minimum atomic E-state index is -0.242. The van der Waals surface area contributed by atoms with Gasteiger partial charge in [-0.25, -0.2) is 0 Å². The van der Waals surface area contributed by atoms with E-state index < -0.39 is 0 Å². The number of cyclic esters (lactones) is 1. The van der Waals surface area contributed by atoms with E-state index in [0.717, 1.165) is 22.1 Å². The van der Waals surface area contributed by atoms with Crippen molar-refractivity contribution in [3.63, 3.8) is 0 Å². The molecule has 1 saturated heterocycles. The second-order valence-corrected chi connectivity index (χ2v) is 7.37. The summed E-state index contributed by atoms with van der Waals surface area (Å²) in [5, 5.41) is 9.22. The second-order valence-electron chi connectivity index (χ2n) is 6.20. The van der Waals surface area contributed by atoms with Gasteiger partial charge in [-0.1, -0.05) is 42.1 Å². The number of ether oxygens (including phenoxy) is 1. The van der Waals surface area contributed by atoms with Crippen LogP contribution in [0.1, 0.15) is 18.9 Å². The molecule has 0 N–H and O–H groups in total. The van der Waals surface area contributed by atoms with Gasteiger partial charge in [0.25, 0.3) is 0 Å². The minimum Gasteiger partial charge on any atom is -0.462 e. The molecule has 2 aromatic heterocycles. The fourth-order valence-corrected chi connectivity index (χ4v) is 4.08. The summed E-state index contributed by atoms with van der Waals surface area (Å²) in [4.78, 5) is 16.1. The lowest BCUT2D eigenvalue weighted by molar-refractivity contribution is -0.140. The van der Waals surface area contributed by atoms with Crippen LogP contribution >= 0.6 is 11.8 Å². The Labute approximate surface area is 155 Å². The highest BCUT2D eigenvalue weighted by molar-refractivity contribution is 8.00. The first kappa shape index (κ1) is 16.8. The maximum absolute atomic E-state index is 12.0. The van der Waals surface area contributed by atoms with Crippen molar-refractivity contribution >= 4 is 17.7 Å². The van der Waals surface area contributed by atoms with Crippen LogP contribution in [-0.2, 0) is 16.1 Å². The van der Waals surface area contributed by atoms with Crippen molar-refractivity contribution in [2.45, 2.75) is 36.4 Å². The Morgan fingerprint density at radius 3 is 2.62 bits per heavy atom. The Morgan fingerprint density at radius 1 is 1.15 bits per heavy atom. The van der Waals surface area contributed by atoms with Crippen LogP contribution in [0, 0.1) is 0 Å². The van der Waals surface area contributed by atoms with E-state index in [2.05, 4.69) is 27.3 Å². The zero-order valence-electron chi connectivity index (χ0n) is 14.3. The number of hydrogen-bond acceptors (Lipinski definition) is 6. The minimum absolute atomic E-state index is 0.0508. The molecule has 0 aliphatic carbocycles. The van der Waals surface area contributed by atoms with Crippen LogP contribution in [0.25, 0.3) is 11.4 Å². The van der Waals surface area contributed by atoms with Crippen molar-refractivity contribution in [1.82, 2.24) is 19.7 Å². The average Bonchev–Trinajstić information content (AvgIpc) is 3.19.